The van der Waals surface area contributed by atoms with Crippen LogP contribution in [-0.4, -0.2) is 25.7 Å². The minimum absolute atomic E-state index is 0.237. The average Bonchev–Trinajstić information content (AvgIpc) is 2.79. The van der Waals surface area contributed by atoms with Crippen LogP contribution in [0.1, 0.15) is 30.1 Å². The first-order valence-corrected chi connectivity index (χ1v) is 10.2. The van der Waals surface area contributed by atoms with Crippen molar-refractivity contribution < 1.29 is 19.0 Å². The predicted molar refractivity (Wildman–Crippen MR) is 119 cm³/mol. The second-order valence-electron chi connectivity index (χ2n) is 6.66. The lowest BCUT2D eigenvalue weighted by atomic mass is 10.1. The van der Waals surface area contributed by atoms with Crippen LogP contribution in [0.2, 0.25) is 0 Å². The van der Waals surface area contributed by atoms with E-state index in [1.165, 1.54) is 0 Å². The van der Waals surface area contributed by atoms with Gasteiger partial charge in [-0.2, -0.15) is 0 Å². The van der Waals surface area contributed by atoms with Crippen LogP contribution in [0.4, 0.5) is 5.69 Å². The molecule has 0 atom stereocenters. The van der Waals surface area contributed by atoms with Crippen molar-refractivity contribution in [1.29, 1.82) is 0 Å². The van der Waals surface area contributed by atoms with Gasteiger partial charge in [-0.05, 0) is 42.8 Å². The lowest BCUT2D eigenvalue weighted by Gasteiger charge is -2.14. The number of anilines is 1. The lowest BCUT2D eigenvalue weighted by molar-refractivity contribution is 0.102. The number of hydrogen-bond donors (Lipinski definition) is 1. The molecule has 1 N–H and O–H groups in total. The molecule has 0 aliphatic heterocycles. The van der Waals surface area contributed by atoms with E-state index in [1.54, 1.807) is 6.07 Å². The summed E-state index contributed by atoms with van der Waals surface area (Å²) in [4.78, 5) is 12.9. The van der Waals surface area contributed by atoms with Crippen LogP contribution >= 0.6 is 0 Å². The fourth-order valence-electron chi connectivity index (χ4n) is 2.82. The Morgan fingerprint density at radius 3 is 2.17 bits per heavy atom. The van der Waals surface area contributed by atoms with Gasteiger partial charge in [0.2, 0.25) is 0 Å². The Bertz CT molecular complexity index is 927. The first kappa shape index (κ1) is 21.2. The van der Waals surface area contributed by atoms with Crippen LogP contribution in [0.25, 0.3) is 0 Å². The van der Waals surface area contributed by atoms with E-state index in [1.807, 2.05) is 72.8 Å². The highest BCUT2D eigenvalue weighted by molar-refractivity contribution is 6.06. The zero-order valence-corrected chi connectivity index (χ0v) is 17.2. The Morgan fingerprint density at radius 2 is 1.37 bits per heavy atom. The number of unbranched alkanes of at least 4 members (excludes halogenated alkanes) is 1. The van der Waals surface area contributed by atoms with E-state index in [0.29, 0.717) is 42.6 Å². The molecule has 0 fully saturated rings. The van der Waals surface area contributed by atoms with Crippen molar-refractivity contribution in [2.45, 2.75) is 19.8 Å². The van der Waals surface area contributed by atoms with Crippen LogP contribution in [0.5, 0.6) is 17.2 Å². The second-order valence-corrected chi connectivity index (χ2v) is 6.66. The number of carbonyl (C=O) groups excluding carboxylic acids is 1. The van der Waals surface area contributed by atoms with E-state index < -0.39 is 0 Å². The van der Waals surface area contributed by atoms with Gasteiger partial charge in [0.05, 0.1) is 17.9 Å². The maximum Gasteiger partial charge on any atom is 0.259 e. The van der Waals surface area contributed by atoms with Crippen molar-refractivity contribution in [3.63, 3.8) is 0 Å². The molecule has 3 rings (SSSR count). The Balaban J connectivity index is 1.60. The first-order valence-electron chi connectivity index (χ1n) is 10.2. The molecule has 0 aliphatic rings. The second kappa shape index (κ2) is 11.5. The van der Waals surface area contributed by atoms with Crippen LogP contribution in [-0.2, 0) is 0 Å². The Hall–Kier alpha value is -3.47. The molecule has 3 aromatic rings. The summed E-state index contributed by atoms with van der Waals surface area (Å²) in [7, 11) is 0. The van der Waals surface area contributed by atoms with Gasteiger partial charge >= 0.3 is 0 Å². The van der Waals surface area contributed by atoms with Crippen molar-refractivity contribution in [3.05, 3.63) is 84.4 Å². The normalized spacial score (nSPS) is 10.3. The minimum Gasteiger partial charge on any atom is -0.493 e. The summed E-state index contributed by atoms with van der Waals surface area (Å²) in [6, 6.07) is 24.2. The highest BCUT2D eigenvalue weighted by atomic mass is 16.5. The molecule has 5 nitrogen and oxygen atoms in total. The van der Waals surface area contributed by atoms with Gasteiger partial charge in [-0.15, -0.1) is 0 Å². The minimum atomic E-state index is -0.237. The average molecular weight is 405 g/mol. The number of amides is 1. The molecule has 3 aromatic carbocycles. The largest absolute Gasteiger partial charge is 0.493 e. The number of benzene rings is 3. The Morgan fingerprint density at radius 1 is 0.733 bits per heavy atom. The molecule has 0 aliphatic carbocycles. The molecule has 156 valence electrons. The molecule has 0 saturated heterocycles. The quantitative estimate of drug-likeness (QED) is 0.423. The Labute approximate surface area is 177 Å². The van der Waals surface area contributed by atoms with Crippen molar-refractivity contribution in [1.82, 2.24) is 0 Å². The molecule has 0 unspecified atom stereocenters. The third kappa shape index (κ3) is 6.27. The van der Waals surface area contributed by atoms with Crippen molar-refractivity contribution in [2.24, 2.45) is 0 Å². The molecule has 0 radical (unpaired) electrons. The van der Waals surface area contributed by atoms with Crippen LogP contribution in [0, 0.1) is 0 Å². The standard InChI is InChI=1S/C25H27NO4/c1-2-3-17-29-23-15-9-7-13-21(23)25(27)26-22-14-8-10-16-24(22)30-19-18-28-20-11-5-4-6-12-20/h4-16H,2-3,17-19H2,1H3,(H,26,27). The zero-order valence-electron chi connectivity index (χ0n) is 17.2. The highest BCUT2D eigenvalue weighted by Gasteiger charge is 2.14. The smallest absolute Gasteiger partial charge is 0.259 e. The van der Waals surface area contributed by atoms with Crippen molar-refractivity contribution in [2.75, 3.05) is 25.1 Å². The van der Waals surface area contributed by atoms with Crippen molar-refractivity contribution >= 4 is 11.6 Å². The highest BCUT2D eigenvalue weighted by Crippen LogP contribution is 2.26. The molecule has 0 aromatic heterocycles. The summed E-state index contributed by atoms with van der Waals surface area (Å²) in [6.07, 6.45) is 1.98. The first-order chi connectivity index (χ1) is 14.8. The van der Waals surface area contributed by atoms with E-state index in [0.717, 1.165) is 18.6 Å². The summed E-state index contributed by atoms with van der Waals surface area (Å²) >= 11 is 0. The molecule has 5 heteroatoms. The van der Waals surface area contributed by atoms with Crippen LogP contribution in [0.15, 0.2) is 78.9 Å². The summed E-state index contributed by atoms with van der Waals surface area (Å²) in [5.41, 5.74) is 1.10. The number of ether oxygens (including phenoxy) is 3. The van der Waals surface area contributed by atoms with Crippen LogP contribution < -0.4 is 19.5 Å². The molecular weight excluding hydrogens is 378 g/mol. The molecule has 0 heterocycles. The number of para-hydroxylation sites is 4. The van der Waals surface area contributed by atoms with Gasteiger partial charge in [0, 0.05) is 0 Å². The van der Waals surface area contributed by atoms with Gasteiger partial charge in [0.1, 0.15) is 30.5 Å². The van der Waals surface area contributed by atoms with Gasteiger partial charge in [-0.1, -0.05) is 55.8 Å². The van der Waals surface area contributed by atoms with Gasteiger partial charge in [0.15, 0.2) is 0 Å². The van der Waals surface area contributed by atoms with E-state index in [2.05, 4.69) is 12.2 Å². The molecule has 30 heavy (non-hydrogen) atoms. The lowest BCUT2D eigenvalue weighted by Crippen LogP contribution is -2.15. The van der Waals surface area contributed by atoms with Crippen LogP contribution in [0.3, 0.4) is 0 Å². The maximum absolute atomic E-state index is 12.9. The maximum atomic E-state index is 12.9. The Kier molecular flexibility index (Phi) is 8.15. The fraction of sp³-hybridized carbons (Fsp3) is 0.240. The number of rotatable bonds is 11. The van der Waals surface area contributed by atoms with Gasteiger partial charge in [-0.25, -0.2) is 0 Å². The number of hydrogen-bond acceptors (Lipinski definition) is 4. The summed E-state index contributed by atoms with van der Waals surface area (Å²) in [5.74, 6) is 1.73. The van der Waals surface area contributed by atoms with E-state index in [-0.39, 0.29) is 5.91 Å². The predicted octanol–water partition coefficient (Wildman–Crippen LogP) is 5.58. The molecule has 0 saturated carbocycles. The third-order valence-electron chi connectivity index (χ3n) is 4.38. The SMILES string of the molecule is CCCCOc1ccccc1C(=O)Nc1ccccc1OCCOc1ccccc1. The number of nitrogens with one attached hydrogen (secondary N) is 1. The summed E-state index contributed by atoms with van der Waals surface area (Å²) in [5, 5.41) is 2.93. The topological polar surface area (TPSA) is 56.8 Å². The zero-order chi connectivity index (χ0) is 21.0. The molecular formula is C25H27NO4. The van der Waals surface area contributed by atoms with Gasteiger partial charge < -0.3 is 19.5 Å². The summed E-state index contributed by atoms with van der Waals surface area (Å²) < 4.78 is 17.3. The molecule has 1 amide bonds. The monoisotopic (exact) mass is 405 g/mol. The van der Waals surface area contributed by atoms with Gasteiger partial charge in [-0.3, -0.25) is 4.79 Å². The third-order valence-corrected chi connectivity index (χ3v) is 4.38. The number of carbonyl (C=O) groups is 1. The molecule has 0 spiro atoms. The van der Waals surface area contributed by atoms with E-state index in [4.69, 9.17) is 14.2 Å². The van der Waals surface area contributed by atoms with Gasteiger partial charge in [0.25, 0.3) is 5.91 Å². The van der Waals surface area contributed by atoms with E-state index in [9.17, 15) is 4.79 Å². The summed E-state index contributed by atoms with van der Waals surface area (Å²) in [6.45, 7) is 3.45. The molecule has 0 bridgehead atoms. The van der Waals surface area contributed by atoms with E-state index >= 15 is 0 Å². The fourth-order valence-corrected chi connectivity index (χ4v) is 2.82. The van der Waals surface area contributed by atoms with Crippen molar-refractivity contribution in [3.8, 4) is 17.2 Å².